The first kappa shape index (κ1) is 8.86. The molecule has 0 atom stereocenters. The molecule has 0 aliphatic rings. The molecule has 4 nitrogen and oxygen atoms in total. The Hall–Kier alpha value is -1.23. The normalized spacial score (nSPS) is 10.4. The second kappa shape index (κ2) is 3.96. The minimum absolute atomic E-state index is 0.512. The average Bonchev–Trinajstić information content (AvgIpc) is 2.03. The molecule has 62 valence electrons. The van der Waals surface area contributed by atoms with E-state index < -0.39 is 4.92 Å². The number of nitrogens with zero attached hydrogens (tertiary/aromatic N) is 2. The number of hydrogen-bond acceptors (Lipinski definition) is 3. The van der Waals surface area contributed by atoms with Gasteiger partial charge in [-0.1, -0.05) is 6.07 Å². The SMILES string of the molecule is O=[N+]([O-])/C=C/c1ccc(Br)nc1. The van der Waals surface area contributed by atoms with E-state index in [4.69, 9.17) is 0 Å². The molecule has 1 aromatic heterocycles. The highest BCUT2D eigenvalue weighted by Gasteiger charge is 1.90. The first-order chi connectivity index (χ1) is 5.68. The quantitative estimate of drug-likeness (QED) is 0.443. The van der Waals surface area contributed by atoms with E-state index in [1.807, 2.05) is 0 Å². The highest BCUT2D eigenvalue weighted by molar-refractivity contribution is 9.10. The fourth-order valence-corrected chi connectivity index (χ4v) is 0.867. The van der Waals surface area contributed by atoms with Crippen LogP contribution in [0.3, 0.4) is 0 Å². The molecule has 0 amide bonds. The Morgan fingerprint density at radius 1 is 1.58 bits per heavy atom. The third kappa shape index (κ3) is 2.79. The van der Waals surface area contributed by atoms with Crippen molar-refractivity contribution in [1.29, 1.82) is 0 Å². The van der Waals surface area contributed by atoms with Gasteiger partial charge >= 0.3 is 0 Å². The van der Waals surface area contributed by atoms with E-state index in [0.29, 0.717) is 10.2 Å². The molecule has 1 heterocycles. The Bertz CT molecular complexity index is 308. The summed E-state index contributed by atoms with van der Waals surface area (Å²) in [6.07, 6.45) is 3.81. The molecule has 0 aliphatic heterocycles. The smallest absolute Gasteiger partial charge is 0.235 e. The Morgan fingerprint density at radius 2 is 2.33 bits per heavy atom. The van der Waals surface area contributed by atoms with Crippen molar-refractivity contribution >= 4 is 22.0 Å². The third-order valence-corrected chi connectivity index (χ3v) is 1.61. The molecule has 1 rings (SSSR count). The number of pyridine rings is 1. The highest BCUT2D eigenvalue weighted by atomic mass is 79.9. The van der Waals surface area contributed by atoms with Gasteiger partial charge in [0.05, 0.1) is 4.92 Å². The summed E-state index contributed by atoms with van der Waals surface area (Å²) in [4.78, 5) is 13.3. The van der Waals surface area contributed by atoms with Crippen molar-refractivity contribution in [3.63, 3.8) is 0 Å². The van der Waals surface area contributed by atoms with Crippen LogP contribution in [0.15, 0.2) is 29.1 Å². The lowest BCUT2D eigenvalue weighted by Gasteiger charge is -1.89. The van der Waals surface area contributed by atoms with Crippen LogP contribution in [0.2, 0.25) is 0 Å². The molecule has 0 bridgehead atoms. The van der Waals surface area contributed by atoms with Crippen molar-refractivity contribution in [1.82, 2.24) is 4.98 Å². The molecule has 0 spiro atoms. The Morgan fingerprint density at radius 3 is 2.83 bits per heavy atom. The summed E-state index contributed by atoms with van der Waals surface area (Å²) >= 11 is 3.16. The predicted molar refractivity (Wildman–Crippen MR) is 48.0 cm³/mol. The fourth-order valence-electron chi connectivity index (χ4n) is 0.633. The van der Waals surface area contributed by atoms with Gasteiger partial charge in [-0.2, -0.15) is 0 Å². The lowest BCUT2D eigenvalue weighted by atomic mass is 10.3. The predicted octanol–water partition coefficient (Wildman–Crippen LogP) is 2.09. The maximum atomic E-state index is 9.93. The lowest BCUT2D eigenvalue weighted by molar-refractivity contribution is -0.400. The molecule has 0 unspecified atom stereocenters. The van der Waals surface area contributed by atoms with Crippen molar-refractivity contribution in [2.45, 2.75) is 0 Å². The van der Waals surface area contributed by atoms with Gasteiger partial charge in [0.2, 0.25) is 6.20 Å². The second-order valence-electron chi connectivity index (χ2n) is 2.02. The van der Waals surface area contributed by atoms with Gasteiger partial charge in [0.25, 0.3) is 0 Å². The zero-order valence-electron chi connectivity index (χ0n) is 5.98. The van der Waals surface area contributed by atoms with Gasteiger partial charge in [-0.05, 0) is 27.6 Å². The molecule has 5 heteroatoms. The molecule has 1 aromatic rings. The molecular formula is C7H5BrN2O2. The number of aromatic nitrogens is 1. The summed E-state index contributed by atoms with van der Waals surface area (Å²) in [5.41, 5.74) is 0.704. The van der Waals surface area contributed by atoms with Gasteiger partial charge in [0.15, 0.2) is 0 Å². The Labute approximate surface area is 77.2 Å². The van der Waals surface area contributed by atoms with Crippen LogP contribution >= 0.6 is 15.9 Å². The number of halogens is 1. The highest BCUT2D eigenvalue weighted by Crippen LogP contribution is 2.07. The van der Waals surface area contributed by atoms with E-state index >= 15 is 0 Å². The van der Waals surface area contributed by atoms with Crippen molar-refractivity contribution in [3.05, 3.63) is 44.8 Å². The van der Waals surface area contributed by atoms with Gasteiger partial charge in [-0.25, -0.2) is 4.98 Å². The molecule has 0 radical (unpaired) electrons. The molecule has 0 N–H and O–H groups in total. The summed E-state index contributed by atoms with van der Waals surface area (Å²) in [6, 6.07) is 3.46. The maximum absolute atomic E-state index is 9.93. The molecule has 12 heavy (non-hydrogen) atoms. The standard InChI is InChI=1S/C7H5BrN2O2/c8-7-2-1-6(5-9-7)3-4-10(11)12/h1-5H/b4-3+. The van der Waals surface area contributed by atoms with E-state index in [-0.39, 0.29) is 0 Å². The largest absolute Gasteiger partial charge is 0.259 e. The second-order valence-corrected chi connectivity index (χ2v) is 2.83. The van der Waals surface area contributed by atoms with Gasteiger partial charge in [0.1, 0.15) is 4.60 Å². The summed E-state index contributed by atoms with van der Waals surface area (Å²) in [5.74, 6) is 0. The van der Waals surface area contributed by atoms with Crippen LogP contribution in [0.1, 0.15) is 5.56 Å². The topological polar surface area (TPSA) is 56.0 Å². The molecular weight excluding hydrogens is 224 g/mol. The molecule has 0 fully saturated rings. The average molecular weight is 229 g/mol. The van der Waals surface area contributed by atoms with E-state index in [1.54, 1.807) is 18.3 Å². The van der Waals surface area contributed by atoms with Crippen LogP contribution in [0.5, 0.6) is 0 Å². The zero-order chi connectivity index (χ0) is 8.97. The summed E-state index contributed by atoms with van der Waals surface area (Å²) in [7, 11) is 0. The molecule has 0 aliphatic carbocycles. The van der Waals surface area contributed by atoms with Crippen LogP contribution in [0.4, 0.5) is 0 Å². The van der Waals surface area contributed by atoms with Crippen LogP contribution in [0, 0.1) is 10.1 Å². The minimum atomic E-state index is -0.512. The van der Waals surface area contributed by atoms with E-state index in [1.165, 1.54) is 6.08 Å². The van der Waals surface area contributed by atoms with Crippen LogP contribution < -0.4 is 0 Å². The third-order valence-electron chi connectivity index (χ3n) is 1.14. The van der Waals surface area contributed by atoms with E-state index in [2.05, 4.69) is 20.9 Å². The Balaban J connectivity index is 2.77. The van der Waals surface area contributed by atoms with Gasteiger partial charge in [-0.15, -0.1) is 0 Å². The monoisotopic (exact) mass is 228 g/mol. The van der Waals surface area contributed by atoms with Gasteiger partial charge < -0.3 is 0 Å². The molecule has 0 saturated carbocycles. The minimum Gasteiger partial charge on any atom is -0.259 e. The van der Waals surface area contributed by atoms with Crippen molar-refractivity contribution in [3.8, 4) is 0 Å². The fraction of sp³-hybridized carbons (Fsp3) is 0. The molecule has 0 aromatic carbocycles. The number of hydrogen-bond donors (Lipinski definition) is 0. The first-order valence-electron chi connectivity index (χ1n) is 3.12. The van der Waals surface area contributed by atoms with Crippen LogP contribution in [-0.2, 0) is 0 Å². The maximum Gasteiger partial charge on any atom is 0.235 e. The molecule has 0 saturated heterocycles. The van der Waals surface area contributed by atoms with Gasteiger partial charge in [-0.3, -0.25) is 10.1 Å². The summed E-state index contributed by atoms with van der Waals surface area (Å²) in [5, 5.41) is 9.93. The Kier molecular flexibility index (Phi) is 2.93. The number of nitro groups is 1. The first-order valence-corrected chi connectivity index (χ1v) is 3.91. The van der Waals surface area contributed by atoms with Crippen molar-refractivity contribution in [2.24, 2.45) is 0 Å². The zero-order valence-corrected chi connectivity index (χ0v) is 7.56. The van der Waals surface area contributed by atoms with E-state index in [0.717, 1.165) is 6.20 Å². The van der Waals surface area contributed by atoms with Crippen molar-refractivity contribution in [2.75, 3.05) is 0 Å². The van der Waals surface area contributed by atoms with Gasteiger partial charge in [0, 0.05) is 12.3 Å². The number of rotatable bonds is 2. The van der Waals surface area contributed by atoms with Crippen molar-refractivity contribution < 1.29 is 4.92 Å². The summed E-state index contributed by atoms with van der Waals surface area (Å²) < 4.78 is 0.709. The van der Waals surface area contributed by atoms with Crippen LogP contribution in [0.25, 0.3) is 6.08 Å². The summed E-state index contributed by atoms with van der Waals surface area (Å²) in [6.45, 7) is 0. The van der Waals surface area contributed by atoms with E-state index in [9.17, 15) is 10.1 Å². The van der Waals surface area contributed by atoms with Crippen LogP contribution in [-0.4, -0.2) is 9.91 Å². The lowest BCUT2D eigenvalue weighted by Crippen LogP contribution is -1.83.